The first-order chi connectivity index (χ1) is 9.69. The number of halogens is 1. The zero-order valence-corrected chi connectivity index (χ0v) is 11.7. The van der Waals surface area contributed by atoms with Crippen LogP contribution in [0.15, 0.2) is 24.4 Å². The Kier molecular flexibility index (Phi) is 3.47. The van der Waals surface area contributed by atoms with Crippen LogP contribution in [0.25, 0.3) is 10.9 Å². The molecule has 106 valence electrons. The Hall–Kier alpha value is -1.84. The highest BCUT2D eigenvalue weighted by molar-refractivity contribution is 5.84. The van der Waals surface area contributed by atoms with Crippen LogP contribution in [0.1, 0.15) is 37.7 Å². The third-order valence-electron chi connectivity index (χ3n) is 4.27. The van der Waals surface area contributed by atoms with Gasteiger partial charge in [-0.1, -0.05) is 6.92 Å². The van der Waals surface area contributed by atoms with E-state index in [4.69, 9.17) is 0 Å². The fraction of sp³-hybridized carbons (Fsp3) is 0.438. The lowest BCUT2D eigenvalue weighted by atomic mass is 9.89. The van der Waals surface area contributed by atoms with Crippen molar-refractivity contribution < 1.29 is 9.18 Å². The number of piperidine rings is 1. The number of H-pyrrole nitrogens is 1. The van der Waals surface area contributed by atoms with Crippen LogP contribution in [0, 0.1) is 5.82 Å². The fourth-order valence-corrected chi connectivity index (χ4v) is 3.12. The molecule has 1 aromatic carbocycles. The zero-order chi connectivity index (χ0) is 14.1. The minimum Gasteiger partial charge on any atom is -0.361 e. The van der Waals surface area contributed by atoms with Gasteiger partial charge in [0.1, 0.15) is 5.82 Å². The van der Waals surface area contributed by atoms with Crippen LogP contribution >= 0.6 is 0 Å². The minimum atomic E-state index is -0.214. The van der Waals surface area contributed by atoms with E-state index in [-0.39, 0.29) is 11.7 Å². The number of carbonyl (C=O) groups excluding carboxylic acids is 1. The number of rotatable bonds is 2. The first kappa shape index (κ1) is 13.2. The van der Waals surface area contributed by atoms with Gasteiger partial charge in [-0.05, 0) is 42.5 Å². The highest BCUT2D eigenvalue weighted by Gasteiger charge is 2.24. The summed E-state index contributed by atoms with van der Waals surface area (Å²) in [5, 5.41) is 1.10. The van der Waals surface area contributed by atoms with Crippen LogP contribution in [-0.4, -0.2) is 28.9 Å². The number of nitrogens with one attached hydrogen (secondary N) is 1. The van der Waals surface area contributed by atoms with E-state index in [0.29, 0.717) is 12.3 Å². The molecule has 0 spiro atoms. The number of likely N-dealkylation sites (tertiary alicyclic amines) is 1. The molecule has 0 atom stereocenters. The largest absolute Gasteiger partial charge is 0.361 e. The first-order valence-electron chi connectivity index (χ1n) is 7.23. The number of hydrogen-bond donors (Lipinski definition) is 1. The molecule has 20 heavy (non-hydrogen) atoms. The predicted molar refractivity (Wildman–Crippen MR) is 77.1 cm³/mol. The molecule has 1 aliphatic rings. The lowest BCUT2D eigenvalue weighted by Gasteiger charge is -2.31. The zero-order valence-electron chi connectivity index (χ0n) is 11.7. The topological polar surface area (TPSA) is 36.1 Å². The van der Waals surface area contributed by atoms with Crippen LogP contribution in [0.3, 0.4) is 0 Å². The summed E-state index contributed by atoms with van der Waals surface area (Å²) in [4.78, 5) is 16.8. The summed E-state index contributed by atoms with van der Waals surface area (Å²) in [6.07, 6.45) is 4.54. The van der Waals surface area contributed by atoms with E-state index in [0.717, 1.165) is 36.8 Å². The van der Waals surface area contributed by atoms with Crippen molar-refractivity contribution in [1.82, 2.24) is 9.88 Å². The molecule has 1 fully saturated rings. The molecule has 2 heterocycles. The third-order valence-corrected chi connectivity index (χ3v) is 4.27. The van der Waals surface area contributed by atoms with E-state index in [9.17, 15) is 9.18 Å². The number of benzene rings is 1. The van der Waals surface area contributed by atoms with Crippen molar-refractivity contribution in [3.05, 3.63) is 35.8 Å². The Morgan fingerprint density at radius 2 is 2.15 bits per heavy atom. The van der Waals surface area contributed by atoms with Crippen molar-refractivity contribution >= 4 is 16.8 Å². The quantitative estimate of drug-likeness (QED) is 0.895. The normalized spacial score (nSPS) is 16.8. The standard InChI is InChI=1S/C16H19FN2O/c1-2-16(20)19-7-5-11(6-8-19)14-10-18-15-9-12(17)3-4-13(14)15/h3-4,9-11,18H,2,5-8H2,1H3. The van der Waals surface area contributed by atoms with Crippen molar-refractivity contribution in [1.29, 1.82) is 0 Å². The molecule has 0 unspecified atom stereocenters. The SMILES string of the molecule is CCC(=O)N1CCC(c2c[nH]c3cc(F)ccc23)CC1. The molecule has 0 saturated carbocycles. The summed E-state index contributed by atoms with van der Waals surface area (Å²) in [6.45, 7) is 3.55. The van der Waals surface area contributed by atoms with E-state index in [1.807, 2.05) is 24.1 Å². The van der Waals surface area contributed by atoms with Gasteiger partial charge in [0.2, 0.25) is 5.91 Å². The Bertz CT molecular complexity index is 626. The van der Waals surface area contributed by atoms with Gasteiger partial charge in [-0.3, -0.25) is 4.79 Å². The summed E-state index contributed by atoms with van der Waals surface area (Å²) in [5.41, 5.74) is 2.11. The summed E-state index contributed by atoms with van der Waals surface area (Å²) in [5.74, 6) is 0.480. The van der Waals surface area contributed by atoms with Crippen LogP contribution in [0.4, 0.5) is 4.39 Å². The Morgan fingerprint density at radius 1 is 1.40 bits per heavy atom. The second-order valence-electron chi connectivity index (χ2n) is 5.44. The molecule has 4 heteroatoms. The summed E-state index contributed by atoms with van der Waals surface area (Å²) in [7, 11) is 0. The molecule has 3 rings (SSSR count). The van der Waals surface area contributed by atoms with Gasteiger partial charge >= 0.3 is 0 Å². The molecule has 1 aromatic heterocycles. The van der Waals surface area contributed by atoms with Crippen molar-refractivity contribution in [2.24, 2.45) is 0 Å². The molecule has 0 bridgehead atoms. The summed E-state index contributed by atoms with van der Waals surface area (Å²) < 4.78 is 13.2. The molecule has 0 aliphatic carbocycles. The highest BCUT2D eigenvalue weighted by atomic mass is 19.1. The van der Waals surface area contributed by atoms with E-state index in [2.05, 4.69) is 4.98 Å². The van der Waals surface area contributed by atoms with Crippen LogP contribution in [-0.2, 0) is 4.79 Å². The van der Waals surface area contributed by atoms with E-state index < -0.39 is 0 Å². The number of hydrogen-bond acceptors (Lipinski definition) is 1. The average molecular weight is 274 g/mol. The predicted octanol–water partition coefficient (Wildman–Crippen LogP) is 3.42. The Balaban J connectivity index is 1.78. The van der Waals surface area contributed by atoms with Gasteiger partial charge in [-0.15, -0.1) is 0 Å². The maximum atomic E-state index is 13.2. The number of aromatic nitrogens is 1. The maximum absolute atomic E-state index is 13.2. The van der Waals surface area contributed by atoms with Gasteiger partial charge < -0.3 is 9.88 Å². The Morgan fingerprint density at radius 3 is 2.85 bits per heavy atom. The molecule has 1 amide bonds. The Labute approximate surface area is 117 Å². The van der Waals surface area contributed by atoms with Crippen LogP contribution in [0.5, 0.6) is 0 Å². The van der Waals surface area contributed by atoms with Gasteiger partial charge in [0.25, 0.3) is 0 Å². The molecular weight excluding hydrogens is 255 g/mol. The van der Waals surface area contributed by atoms with E-state index >= 15 is 0 Å². The summed E-state index contributed by atoms with van der Waals surface area (Å²) in [6, 6.07) is 4.89. The number of carbonyl (C=O) groups is 1. The smallest absolute Gasteiger partial charge is 0.222 e. The third kappa shape index (κ3) is 2.30. The monoisotopic (exact) mass is 274 g/mol. The number of fused-ring (bicyclic) bond motifs is 1. The van der Waals surface area contributed by atoms with Crippen molar-refractivity contribution in [3.63, 3.8) is 0 Å². The lowest BCUT2D eigenvalue weighted by Crippen LogP contribution is -2.37. The van der Waals surface area contributed by atoms with Gasteiger partial charge in [-0.25, -0.2) is 4.39 Å². The summed E-state index contributed by atoms with van der Waals surface area (Å²) >= 11 is 0. The molecule has 1 saturated heterocycles. The van der Waals surface area contributed by atoms with Gasteiger partial charge in [-0.2, -0.15) is 0 Å². The maximum Gasteiger partial charge on any atom is 0.222 e. The van der Waals surface area contributed by atoms with Gasteiger partial charge in [0, 0.05) is 36.6 Å². The minimum absolute atomic E-state index is 0.214. The number of aromatic amines is 1. The van der Waals surface area contributed by atoms with Crippen LogP contribution < -0.4 is 0 Å². The average Bonchev–Trinajstić information content (AvgIpc) is 2.89. The first-order valence-corrected chi connectivity index (χ1v) is 7.23. The second kappa shape index (κ2) is 5.27. The second-order valence-corrected chi connectivity index (χ2v) is 5.44. The molecule has 2 aromatic rings. The molecule has 1 N–H and O–H groups in total. The number of amides is 1. The van der Waals surface area contributed by atoms with Gasteiger partial charge in [0.15, 0.2) is 0 Å². The molecular formula is C16H19FN2O. The molecule has 3 nitrogen and oxygen atoms in total. The van der Waals surface area contributed by atoms with Crippen molar-refractivity contribution in [3.8, 4) is 0 Å². The van der Waals surface area contributed by atoms with Gasteiger partial charge in [0.05, 0.1) is 0 Å². The highest BCUT2D eigenvalue weighted by Crippen LogP contribution is 2.33. The van der Waals surface area contributed by atoms with Crippen molar-refractivity contribution in [2.45, 2.75) is 32.1 Å². The molecule has 1 aliphatic heterocycles. The van der Waals surface area contributed by atoms with Crippen LogP contribution in [0.2, 0.25) is 0 Å². The van der Waals surface area contributed by atoms with E-state index in [1.54, 1.807) is 0 Å². The van der Waals surface area contributed by atoms with E-state index in [1.165, 1.54) is 17.7 Å². The molecule has 0 radical (unpaired) electrons. The lowest BCUT2D eigenvalue weighted by molar-refractivity contribution is -0.131. The fourth-order valence-electron chi connectivity index (χ4n) is 3.12. The van der Waals surface area contributed by atoms with Crippen molar-refractivity contribution in [2.75, 3.05) is 13.1 Å². The number of nitrogens with zero attached hydrogens (tertiary/aromatic N) is 1.